The topological polar surface area (TPSA) is 68.9 Å². The molecule has 0 spiro atoms. The van der Waals surface area contributed by atoms with Gasteiger partial charge in [-0.3, -0.25) is 9.97 Å². The van der Waals surface area contributed by atoms with Crippen LogP contribution in [0.1, 0.15) is 0 Å². The lowest BCUT2D eigenvalue weighted by atomic mass is 10.4. The number of aromatic nitrogens is 6. The molecule has 6 nitrogen and oxygen atoms in total. The van der Waals surface area contributed by atoms with Crippen LogP contribution >= 0.6 is 38.6 Å². The van der Waals surface area contributed by atoms with Gasteiger partial charge >= 0.3 is 0 Å². The zero-order valence-corrected chi connectivity index (χ0v) is 13.0. The van der Waals surface area contributed by atoms with Crippen LogP contribution in [0, 0.1) is 0 Å². The third kappa shape index (κ3) is 1.94. The third-order valence-electron chi connectivity index (χ3n) is 2.57. The molecule has 0 unspecified atom stereocenters. The highest BCUT2D eigenvalue weighted by atomic mass is 79.9. The van der Waals surface area contributed by atoms with E-state index < -0.39 is 0 Å². The maximum atomic E-state index is 4.53. The van der Waals surface area contributed by atoms with Gasteiger partial charge in [-0.25, -0.2) is 0 Å². The molecular weight excluding hydrogens is 360 g/mol. The lowest BCUT2D eigenvalue weighted by Gasteiger charge is -1.92. The SMILES string of the molecule is Brc1ccc(-c2nnc3sc(-c4cnccn4)nn23)s1. The molecule has 0 saturated heterocycles. The average molecular weight is 365 g/mol. The summed E-state index contributed by atoms with van der Waals surface area (Å²) in [4.78, 5) is 10.1. The summed E-state index contributed by atoms with van der Waals surface area (Å²) in [6.45, 7) is 0. The predicted molar refractivity (Wildman–Crippen MR) is 80.7 cm³/mol. The van der Waals surface area contributed by atoms with E-state index in [1.54, 1.807) is 34.4 Å². The van der Waals surface area contributed by atoms with Gasteiger partial charge in [0.2, 0.25) is 4.96 Å². The van der Waals surface area contributed by atoms with Crippen molar-refractivity contribution >= 4 is 43.6 Å². The van der Waals surface area contributed by atoms with E-state index in [9.17, 15) is 0 Å². The summed E-state index contributed by atoms with van der Waals surface area (Å²) in [5, 5.41) is 13.7. The summed E-state index contributed by atoms with van der Waals surface area (Å²) < 4.78 is 2.79. The lowest BCUT2D eigenvalue weighted by Crippen LogP contribution is -1.90. The Morgan fingerprint density at radius 3 is 2.80 bits per heavy atom. The Labute approximate surface area is 129 Å². The highest BCUT2D eigenvalue weighted by Gasteiger charge is 2.16. The van der Waals surface area contributed by atoms with E-state index in [-0.39, 0.29) is 0 Å². The van der Waals surface area contributed by atoms with Crippen molar-refractivity contribution in [1.82, 2.24) is 29.8 Å². The molecule has 0 aliphatic rings. The molecule has 0 radical (unpaired) electrons. The molecule has 0 aromatic carbocycles. The first-order chi connectivity index (χ1) is 9.81. The van der Waals surface area contributed by atoms with Crippen LogP contribution in [-0.2, 0) is 0 Å². The molecule has 4 aromatic rings. The molecule has 20 heavy (non-hydrogen) atoms. The van der Waals surface area contributed by atoms with E-state index in [2.05, 4.69) is 41.2 Å². The van der Waals surface area contributed by atoms with Crippen LogP contribution in [0.3, 0.4) is 0 Å². The molecule has 0 amide bonds. The molecule has 0 atom stereocenters. The Hall–Kier alpha value is -1.71. The van der Waals surface area contributed by atoms with Crippen molar-refractivity contribution in [2.24, 2.45) is 0 Å². The molecule has 4 aromatic heterocycles. The summed E-state index contributed by atoms with van der Waals surface area (Å²) in [7, 11) is 0. The van der Waals surface area contributed by atoms with E-state index in [0.717, 1.165) is 30.2 Å². The number of nitrogens with zero attached hydrogens (tertiary/aromatic N) is 6. The predicted octanol–water partition coefficient (Wildman–Crippen LogP) is 3.13. The molecule has 0 aliphatic heterocycles. The molecule has 9 heteroatoms. The molecule has 0 bridgehead atoms. The standard InChI is InChI=1S/C11H5BrN6S2/c12-8-2-1-7(19-8)9-15-16-11-18(9)17-10(20-11)6-5-13-3-4-14-6/h1-5H. The van der Waals surface area contributed by atoms with Crippen molar-refractivity contribution < 1.29 is 0 Å². The van der Waals surface area contributed by atoms with Crippen molar-refractivity contribution in [1.29, 1.82) is 0 Å². The van der Waals surface area contributed by atoms with Gasteiger partial charge < -0.3 is 0 Å². The third-order valence-corrected chi connectivity index (χ3v) is 5.11. The molecule has 0 saturated carbocycles. The van der Waals surface area contributed by atoms with Gasteiger partial charge in [-0.2, -0.15) is 9.61 Å². The number of halogens is 1. The van der Waals surface area contributed by atoms with Gasteiger partial charge in [-0.15, -0.1) is 21.5 Å². The maximum Gasteiger partial charge on any atom is 0.235 e. The normalized spacial score (nSPS) is 11.2. The highest BCUT2D eigenvalue weighted by molar-refractivity contribution is 9.11. The first-order valence-electron chi connectivity index (χ1n) is 5.55. The molecule has 0 fully saturated rings. The Balaban J connectivity index is 1.87. The minimum absolute atomic E-state index is 0.737. The zero-order chi connectivity index (χ0) is 13.5. The van der Waals surface area contributed by atoms with Crippen molar-refractivity contribution in [2.45, 2.75) is 0 Å². The molecule has 98 valence electrons. The number of hydrogen-bond acceptors (Lipinski definition) is 7. The van der Waals surface area contributed by atoms with Gasteiger partial charge in [0.15, 0.2) is 10.8 Å². The van der Waals surface area contributed by atoms with Crippen LogP contribution < -0.4 is 0 Å². The molecular formula is C11H5BrN6S2. The minimum Gasteiger partial charge on any atom is -0.261 e. The van der Waals surface area contributed by atoms with E-state index in [1.165, 1.54) is 11.3 Å². The van der Waals surface area contributed by atoms with Crippen molar-refractivity contribution in [3.8, 4) is 21.4 Å². The maximum absolute atomic E-state index is 4.53. The van der Waals surface area contributed by atoms with E-state index in [1.807, 2.05) is 12.1 Å². The van der Waals surface area contributed by atoms with Gasteiger partial charge in [-0.1, -0.05) is 11.3 Å². The Morgan fingerprint density at radius 1 is 1.10 bits per heavy atom. The van der Waals surface area contributed by atoms with Gasteiger partial charge in [0, 0.05) is 12.4 Å². The highest BCUT2D eigenvalue weighted by Crippen LogP contribution is 2.32. The second-order valence-electron chi connectivity index (χ2n) is 3.82. The molecule has 0 aliphatic carbocycles. The fourth-order valence-electron chi connectivity index (χ4n) is 1.72. The summed E-state index contributed by atoms with van der Waals surface area (Å²) in [6.07, 6.45) is 4.97. The van der Waals surface area contributed by atoms with Gasteiger partial charge in [0.05, 0.1) is 14.9 Å². The van der Waals surface area contributed by atoms with Crippen molar-refractivity contribution in [3.05, 3.63) is 34.5 Å². The van der Waals surface area contributed by atoms with Crippen LogP contribution in [0.5, 0.6) is 0 Å². The Kier molecular flexibility index (Phi) is 2.83. The van der Waals surface area contributed by atoms with E-state index >= 15 is 0 Å². The fraction of sp³-hybridized carbons (Fsp3) is 0. The number of hydrogen-bond donors (Lipinski definition) is 0. The molecule has 0 N–H and O–H groups in total. The first-order valence-corrected chi connectivity index (χ1v) is 7.98. The van der Waals surface area contributed by atoms with Gasteiger partial charge in [-0.05, 0) is 28.1 Å². The van der Waals surface area contributed by atoms with Gasteiger partial charge in [0.25, 0.3) is 0 Å². The first kappa shape index (κ1) is 12.1. The second kappa shape index (κ2) is 4.69. The average Bonchev–Trinajstić information content (AvgIpc) is 3.14. The van der Waals surface area contributed by atoms with E-state index in [0.29, 0.717) is 0 Å². The largest absolute Gasteiger partial charge is 0.261 e. The van der Waals surface area contributed by atoms with Crippen LogP contribution in [0.15, 0.2) is 34.5 Å². The Morgan fingerprint density at radius 2 is 2.05 bits per heavy atom. The van der Waals surface area contributed by atoms with Crippen LogP contribution in [0.25, 0.3) is 26.4 Å². The van der Waals surface area contributed by atoms with Crippen LogP contribution in [0.4, 0.5) is 0 Å². The second-order valence-corrected chi connectivity index (χ2v) is 7.24. The lowest BCUT2D eigenvalue weighted by molar-refractivity contribution is 0.968. The quantitative estimate of drug-likeness (QED) is 0.546. The van der Waals surface area contributed by atoms with Crippen LogP contribution in [-0.4, -0.2) is 29.8 Å². The molecule has 4 rings (SSSR count). The smallest absolute Gasteiger partial charge is 0.235 e. The number of fused-ring (bicyclic) bond motifs is 1. The van der Waals surface area contributed by atoms with E-state index in [4.69, 9.17) is 0 Å². The minimum atomic E-state index is 0.737. The summed E-state index contributed by atoms with van der Waals surface area (Å²) in [5.74, 6) is 0.738. The number of thiophene rings is 1. The summed E-state index contributed by atoms with van der Waals surface area (Å²) >= 11 is 6.49. The van der Waals surface area contributed by atoms with Crippen molar-refractivity contribution in [2.75, 3.05) is 0 Å². The summed E-state index contributed by atoms with van der Waals surface area (Å²) in [6, 6.07) is 3.98. The zero-order valence-electron chi connectivity index (χ0n) is 9.76. The van der Waals surface area contributed by atoms with Gasteiger partial charge in [0.1, 0.15) is 5.69 Å². The van der Waals surface area contributed by atoms with Crippen LogP contribution in [0.2, 0.25) is 0 Å². The molecule has 4 heterocycles. The fourth-order valence-corrected chi connectivity index (χ4v) is 3.88. The monoisotopic (exact) mass is 364 g/mol. The Bertz CT molecular complexity index is 881. The summed E-state index contributed by atoms with van der Waals surface area (Å²) in [5.41, 5.74) is 0.737. The number of rotatable bonds is 2. The van der Waals surface area contributed by atoms with Crippen molar-refractivity contribution in [3.63, 3.8) is 0 Å².